The first-order valence-electron chi connectivity index (χ1n) is 9.14. The molecule has 1 N–H and O–H groups in total. The van der Waals surface area contributed by atoms with Crippen molar-refractivity contribution in [2.75, 3.05) is 18.8 Å². The van der Waals surface area contributed by atoms with Gasteiger partial charge in [-0.05, 0) is 55.0 Å². The van der Waals surface area contributed by atoms with Crippen LogP contribution in [0.25, 0.3) is 21.3 Å². The molecule has 27 heavy (non-hydrogen) atoms. The minimum Gasteiger partial charge on any atom is -0.361 e. The molecule has 0 radical (unpaired) electrons. The van der Waals surface area contributed by atoms with Crippen LogP contribution in [0, 0.1) is 0 Å². The highest BCUT2D eigenvalue weighted by Crippen LogP contribution is 2.36. The van der Waals surface area contributed by atoms with Gasteiger partial charge in [-0.25, -0.2) is 12.7 Å². The molecule has 5 nitrogen and oxygen atoms in total. The van der Waals surface area contributed by atoms with Gasteiger partial charge in [0.1, 0.15) is 0 Å². The van der Waals surface area contributed by atoms with Crippen molar-refractivity contribution in [3.63, 3.8) is 0 Å². The first-order chi connectivity index (χ1) is 13.0. The Morgan fingerprint density at radius 2 is 2.04 bits per heavy atom. The Bertz CT molecular complexity index is 1070. The first kappa shape index (κ1) is 18.4. The summed E-state index contributed by atoms with van der Waals surface area (Å²) in [6.45, 7) is 2.87. The van der Waals surface area contributed by atoms with Gasteiger partial charge in [-0.1, -0.05) is 6.07 Å². The summed E-state index contributed by atoms with van der Waals surface area (Å²) in [4.78, 5) is 15.4. The second-order valence-electron chi connectivity index (χ2n) is 6.94. The molecule has 7 heteroatoms. The fourth-order valence-corrected chi connectivity index (χ4v) is 5.81. The number of aromatic amines is 1. The summed E-state index contributed by atoms with van der Waals surface area (Å²) in [7, 11) is -3.10. The number of sulfonamides is 1. The Morgan fingerprint density at radius 3 is 2.70 bits per heavy atom. The van der Waals surface area contributed by atoms with Crippen LogP contribution in [0.15, 0.2) is 35.8 Å². The van der Waals surface area contributed by atoms with Crippen molar-refractivity contribution < 1.29 is 13.2 Å². The maximum absolute atomic E-state index is 12.1. The molecule has 142 valence electrons. The minimum atomic E-state index is -3.10. The van der Waals surface area contributed by atoms with E-state index in [0.29, 0.717) is 24.6 Å². The predicted molar refractivity (Wildman–Crippen MR) is 110 cm³/mol. The molecule has 0 spiro atoms. The second kappa shape index (κ2) is 7.22. The van der Waals surface area contributed by atoms with E-state index < -0.39 is 10.0 Å². The Hall–Kier alpha value is -1.96. The Kier molecular flexibility index (Phi) is 4.92. The SMILES string of the molecule is CCS(=O)(=O)N1CCC(c2c[nH]c3ccc(-c4cc(C=O)cs4)cc23)CC1. The fraction of sp³-hybridized carbons (Fsp3) is 0.350. The lowest BCUT2D eigenvalue weighted by Gasteiger charge is -2.30. The minimum absolute atomic E-state index is 0.164. The van der Waals surface area contributed by atoms with Gasteiger partial charge >= 0.3 is 0 Å². The van der Waals surface area contributed by atoms with Crippen LogP contribution in [-0.2, 0) is 10.0 Å². The second-order valence-corrected chi connectivity index (χ2v) is 10.1. The number of fused-ring (bicyclic) bond motifs is 1. The molecule has 1 aliphatic heterocycles. The molecule has 0 amide bonds. The maximum atomic E-state index is 12.1. The maximum Gasteiger partial charge on any atom is 0.213 e. The van der Waals surface area contributed by atoms with E-state index in [2.05, 4.69) is 29.4 Å². The molecule has 0 aliphatic carbocycles. The van der Waals surface area contributed by atoms with Crippen LogP contribution in [0.5, 0.6) is 0 Å². The molecule has 1 aromatic carbocycles. The van der Waals surface area contributed by atoms with E-state index in [1.807, 2.05) is 11.4 Å². The average Bonchev–Trinajstić information content (AvgIpc) is 3.34. The average molecular weight is 403 g/mol. The third-order valence-corrected chi connectivity index (χ3v) is 8.29. The Morgan fingerprint density at radius 1 is 1.26 bits per heavy atom. The molecule has 2 aromatic heterocycles. The van der Waals surface area contributed by atoms with Gasteiger partial charge in [0.25, 0.3) is 0 Å². The summed E-state index contributed by atoms with van der Waals surface area (Å²) in [5.74, 6) is 0.517. The lowest BCUT2D eigenvalue weighted by Crippen LogP contribution is -2.38. The number of carbonyl (C=O) groups is 1. The summed E-state index contributed by atoms with van der Waals surface area (Å²) in [6.07, 6.45) is 4.61. The van der Waals surface area contributed by atoms with Crippen LogP contribution in [0.2, 0.25) is 0 Å². The smallest absolute Gasteiger partial charge is 0.213 e. The molecular weight excluding hydrogens is 380 g/mol. The number of hydrogen-bond donors (Lipinski definition) is 1. The normalized spacial score (nSPS) is 16.8. The van der Waals surface area contributed by atoms with Gasteiger partial charge in [-0.2, -0.15) is 0 Å². The quantitative estimate of drug-likeness (QED) is 0.649. The Labute approximate surface area is 163 Å². The van der Waals surface area contributed by atoms with E-state index in [1.54, 1.807) is 22.6 Å². The molecule has 0 saturated carbocycles. The van der Waals surface area contributed by atoms with Crippen molar-refractivity contribution >= 4 is 38.5 Å². The summed E-state index contributed by atoms with van der Waals surface area (Å²) >= 11 is 1.57. The van der Waals surface area contributed by atoms with Crippen molar-refractivity contribution in [1.29, 1.82) is 0 Å². The molecule has 1 saturated heterocycles. The van der Waals surface area contributed by atoms with E-state index in [9.17, 15) is 13.2 Å². The van der Waals surface area contributed by atoms with Crippen molar-refractivity contribution in [3.05, 3.63) is 47.0 Å². The van der Waals surface area contributed by atoms with Crippen molar-refractivity contribution in [2.24, 2.45) is 0 Å². The third-order valence-electron chi connectivity index (χ3n) is 5.41. The highest BCUT2D eigenvalue weighted by atomic mass is 32.2. The van der Waals surface area contributed by atoms with Crippen molar-refractivity contribution in [1.82, 2.24) is 9.29 Å². The van der Waals surface area contributed by atoms with Gasteiger partial charge in [0.15, 0.2) is 6.29 Å². The van der Waals surface area contributed by atoms with Crippen LogP contribution in [0.1, 0.15) is 41.6 Å². The van der Waals surface area contributed by atoms with Crippen LogP contribution < -0.4 is 0 Å². The third kappa shape index (κ3) is 3.47. The van der Waals surface area contributed by atoms with Crippen molar-refractivity contribution in [2.45, 2.75) is 25.7 Å². The monoisotopic (exact) mass is 402 g/mol. The largest absolute Gasteiger partial charge is 0.361 e. The lowest BCUT2D eigenvalue weighted by atomic mass is 9.89. The highest BCUT2D eigenvalue weighted by molar-refractivity contribution is 7.89. The fourth-order valence-electron chi connectivity index (χ4n) is 3.82. The number of rotatable bonds is 5. The van der Waals surface area contributed by atoms with Gasteiger partial charge in [0.2, 0.25) is 10.0 Å². The lowest BCUT2D eigenvalue weighted by molar-refractivity contribution is 0.112. The van der Waals surface area contributed by atoms with Crippen LogP contribution in [-0.4, -0.2) is 42.8 Å². The summed E-state index contributed by atoms with van der Waals surface area (Å²) in [5.41, 5.74) is 4.15. The van der Waals surface area contributed by atoms with Gasteiger partial charge in [-0.3, -0.25) is 4.79 Å². The van der Waals surface area contributed by atoms with Gasteiger partial charge < -0.3 is 4.98 Å². The predicted octanol–water partition coefficient (Wildman–Crippen LogP) is 4.24. The van der Waals surface area contributed by atoms with Gasteiger partial charge in [0.05, 0.1) is 5.75 Å². The molecule has 3 heterocycles. The number of aromatic nitrogens is 1. The number of carbonyl (C=O) groups excluding carboxylic acids is 1. The summed E-state index contributed by atoms with van der Waals surface area (Å²) < 4.78 is 25.8. The zero-order chi connectivity index (χ0) is 19.0. The molecule has 4 rings (SSSR count). The summed E-state index contributed by atoms with van der Waals surface area (Å²) in [5, 5.41) is 3.06. The van der Waals surface area contributed by atoms with E-state index in [4.69, 9.17) is 0 Å². The van der Waals surface area contributed by atoms with Crippen LogP contribution in [0.4, 0.5) is 0 Å². The summed E-state index contributed by atoms with van der Waals surface area (Å²) in [6, 6.07) is 8.24. The number of aldehydes is 1. The number of nitrogens with zero attached hydrogens (tertiary/aromatic N) is 1. The number of thiophene rings is 1. The first-order valence-corrected chi connectivity index (χ1v) is 11.6. The van der Waals surface area contributed by atoms with Crippen molar-refractivity contribution in [3.8, 4) is 10.4 Å². The van der Waals surface area contributed by atoms with Gasteiger partial charge in [0, 0.05) is 46.0 Å². The molecule has 1 aliphatic rings. The molecule has 1 fully saturated rings. The molecule has 3 aromatic rings. The standard InChI is InChI=1S/C20H22N2O3S2/c1-2-27(24,25)22-7-5-15(6-8-22)18-11-21-19-4-3-16(10-17(18)19)20-9-14(12-23)13-26-20/h3-4,9-13,15,21H,2,5-8H2,1H3. The van der Waals surface area contributed by atoms with E-state index in [0.717, 1.165) is 35.1 Å². The molecule has 0 unspecified atom stereocenters. The number of nitrogens with one attached hydrogen (secondary N) is 1. The zero-order valence-corrected chi connectivity index (χ0v) is 16.8. The van der Waals surface area contributed by atoms with Crippen LogP contribution >= 0.6 is 11.3 Å². The zero-order valence-electron chi connectivity index (χ0n) is 15.1. The molecule has 0 atom stereocenters. The topological polar surface area (TPSA) is 70.2 Å². The van der Waals surface area contributed by atoms with E-state index in [1.165, 1.54) is 10.9 Å². The number of piperidine rings is 1. The molecule has 0 bridgehead atoms. The number of benzene rings is 1. The Balaban J connectivity index is 1.61. The van der Waals surface area contributed by atoms with Crippen LogP contribution in [0.3, 0.4) is 0 Å². The number of H-pyrrole nitrogens is 1. The van der Waals surface area contributed by atoms with E-state index in [-0.39, 0.29) is 5.75 Å². The number of hydrogen-bond acceptors (Lipinski definition) is 4. The van der Waals surface area contributed by atoms with Gasteiger partial charge in [-0.15, -0.1) is 11.3 Å². The van der Waals surface area contributed by atoms with E-state index >= 15 is 0 Å². The molecular formula is C20H22N2O3S2. The highest BCUT2D eigenvalue weighted by Gasteiger charge is 2.28.